The molecule has 0 aliphatic heterocycles. The van der Waals surface area contributed by atoms with Crippen molar-refractivity contribution in [2.45, 2.75) is 33.2 Å². The highest BCUT2D eigenvalue weighted by atomic mass is 16.4. The minimum atomic E-state index is -0.751. The van der Waals surface area contributed by atoms with E-state index in [1.165, 1.54) is 0 Å². The molecule has 0 spiro atoms. The number of carboxylic acids is 1. The highest BCUT2D eigenvalue weighted by molar-refractivity contribution is 5.73. The van der Waals surface area contributed by atoms with E-state index in [4.69, 9.17) is 5.11 Å². The fourth-order valence-corrected chi connectivity index (χ4v) is 1.41. The van der Waals surface area contributed by atoms with Gasteiger partial charge in [-0.05, 0) is 26.1 Å². The zero-order valence-electron chi connectivity index (χ0n) is 9.42. The summed E-state index contributed by atoms with van der Waals surface area (Å²) >= 11 is 0. The molecule has 0 bridgehead atoms. The van der Waals surface area contributed by atoms with Crippen molar-refractivity contribution in [2.75, 3.05) is 26.2 Å². The first-order valence-electron chi connectivity index (χ1n) is 5.34. The average molecular weight is 202 g/mol. The number of carboxylic acid groups (broad SMARTS) is 1. The highest BCUT2D eigenvalue weighted by Gasteiger charge is 2.16. The van der Waals surface area contributed by atoms with Crippen LogP contribution in [0.25, 0.3) is 0 Å². The van der Waals surface area contributed by atoms with Gasteiger partial charge in [-0.15, -0.1) is 0 Å². The third kappa shape index (κ3) is 5.19. The number of likely N-dealkylation sites (N-methyl/N-ethyl adjacent to an activating group) is 1. The van der Waals surface area contributed by atoms with Gasteiger partial charge in [0.2, 0.25) is 0 Å². The molecular formula is C10H22N2O2. The maximum Gasteiger partial charge on any atom is 0.320 e. The first-order chi connectivity index (χ1) is 6.65. The molecule has 0 aromatic carbocycles. The van der Waals surface area contributed by atoms with Crippen molar-refractivity contribution in [3.8, 4) is 0 Å². The molecule has 4 nitrogen and oxygen atoms in total. The lowest BCUT2D eigenvalue weighted by Gasteiger charge is -2.20. The first kappa shape index (κ1) is 13.4. The predicted molar refractivity (Wildman–Crippen MR) is 57.5 cm³/mol. The van der Waals surface area contributed by atoms with Gasteiger partial charge in [0.05, 0.1) is 0 Å². The summed E-state index contributed by atoms with van der Waals surface area (Å²) in [6, 6.07) is -0.402. The first-order valence-corrected chi connectivity index (χ1v) is 5.34. The van der Waals surface area contributed by atoms with E-state index in [9.17, 15) is 4.79 Å². The van der Waals surface area contributed by atoms with Gasteiger partial charge in [-0.25, -0.2) is 0 Å². The van der Waals surface area contributed by atoms with E-state index in [2.05, 4.69) is 24.1 Å². The third-order valence-corrected chi connectivity index (χ3v) is 2.38. The summed E-state index contributed by atoms with van der Waals surface area (Å²) in [6.07, 6.45) is 0.671. The van der Waals surface area contributed by atoms with Gasteiger partial charge in [0, 0.05) is 6.54 Å². The summed E-state index contributed by atoms with van der Waals surface area (Å²) in [5, 5.41) is 11.8. The Morgan fingerprint density at radius 3 is 2.29 bits per heavy atom. The van der Waals surface area contributed by atoms with Crippen LogP contribution in [-0.4, -0.2) is 48.2 Å². The minimum absolute atomic E-state index is 0.402. The van der Waals surface area contributed by atoms with Gasteiger partial charge in [0.1, 0.15) is 6.04 Å². The molecule has 0 saturated carbocycles. The second-order valence-electron chi connectivity index (χ2n) is 3.26. The van der Waals surface area contributed by atoms with Crippen LogP contribution in [0.15, 0.2) is 0 Å². The van der Waals surface area contributed by atoms with Crippen LogP contribution in [0.2, 0.25) is 0 Å². The molecule has 0 rings (SSSR count). The standard InChI is InChI=1S/C10H22N2O2/c1-4-11-9(10(13)14)7-8-12(5-2)6-3/h9,11H,4-8H2,1-3H3,(H,13,14). The minimum Gasteiger partial charge on any atom is -0.480 e. The lowest BCUT2D eigenvalue weighted by atomic mass is 10.2. The summed E-state index contributed by atoms with van der Waals surface area (Å²) in [5.74, 6) is -0.751. The monoisotopic (exact) mass is 202 g/mol. The molecule has 0 heterocycles. The zero-order chi connectivity index (χ0) is 11.0. The van der Waals surface area contributed by atoms with E-state index in [1.807, 2.05) is 6.92 Å². The van der Waals surface area contributed by atoms with Crippen LogP contribution >= 0.6 is 0 Å². The van der Waals surface area contributed by atoms with Crippen molar-refractivity contribution in [3.05, 3.63) is 0 Å². The van der Waals surface area contributed by atoms with E-state index in [0.717, 1.165) is 19.6 Å². The Hall–Kier alpha value is -0.610. The number of nitrogens with zero attached hydrogens (tertiary/aromatic N) is 1. The molecule has 4 heteroatoms. The van der Waals surface area contributed by atoms with Crippen molar-refractivity contribution in [1.82, 2.24) is 10.2 Å². The lowest BCUT2D eigenvalue weighted by molar-refractivity contribution is -0.139. The van der Waals surface area contributed by atoms with Crippen LogP contribution in [0.3, 0.4) is 0 Å². The Morgan fingerprint density at radius 2 is 1.93 bits per heavy atom. The molecule has 0 aliphatic rings. The summed E-state index contributed by atoms with van der Waals surface area (Å²) < 4.78 is 0. The van der Waals surface area contributed by atoms with Crippen molar-refractivity contribution < 1.29 is 9.90 Å². The van der Waals surface area contributed by atoms with Gasteiger partial charge >= 0.3 is 5.97 Å². The zero-order valence-corrected chi connectivity index (χ0v) is 9.42. The molecule has 1 atom stereocenters. The number of nitrogens with one attached hydrogen (secondary N) is 1. The lowest BCUT2D eigenvalue weighted by Crippen LogP contribution is -2.39. The molecular weight excluding hydrogens is 180 g/mol. The summed E-state index contributed by atoms with van der Waals surface area (Å²) in [7, 11) is 0. The quantitative estimate of drug-likeness (QED) is 0.611. The maximum atomic E-state index is 10.8. The van der Waals surface area contributed by atoms with Crippen LogP contribution in [0.4, 0.5) is 0 Å². The Balaban J connectivity index is 3.85. The van der Waals surface area contributed by atoms with Crippen molar-refractivity contribution in [1.29, 1.82) is 0 Å². The molecule has 14 heavy (non-hydrogen) atoms. The number of carbonyl (C=O) groups is 1. The van der Waals surface area contributed by atoms with Gasteiger partial charge in [-0.3, -0.25) is 4.79 Å². The topological polar surface area (TPSA) is 52.6 Å². The molecule has 0 aromatic rings. The Labute approximate surface area is 86.3 Å². The van der Waals surface area contributed by atoms with Crippen molar-refractivity contribution >= 4 is 5.97 Å². The Bertz CT molecular complexity index is 158. The summed E-state index contributed by atoms with van der Waals surface area (Å²) in [5.41, 5.74) is 0. The van der Waals surface area contributed by atoms with Gasteiger partial charge in [-0.1, -0.05) is 20.8 Å². The molecule has 0 amide bonds. The van der Waals surface area contributed by atoms with Crippen molar-refractivity contribution in [3.63, 3.8) is 0 Å². The van der Waals surface area contributed by atoms with Crippen LogP contribution in [0.1, 0.15) is 27.2 Å². The maximum absolute atomic E-state index is 10.8. The largest absolute Gasteiger partial charge is 0.480 e. The molecule has 1 unspecified atom stereocenters. The van der Waals surface area contributed by atoms with Crippen LogP contribution in [-0.2, 0) is 4.79 Å². The number of hydrogen-bond donors (Lipinski definition) is 2. The molecule has 0 aliphatic carbocycles. The van der Waals surface area contributed by atoms with E-state index in [1.54, 1.807) is 0 Å². The van der Waals surface area contributed by atoms with E-state index in [0.29, 0.717) is 13.0 Å². The van der Waals surface area contributed by atoms with E-state index >= 15 is 0 Å². The highest BCUT2D eigenvalue weighted by Crippen LogP contribution is 1.96. The van der Waals surface area contributed by atoms with Gasteiger partial charge in [0.15, 0.2) is 0 Å². The molecule has 0 aromatic heterocycles. The molecule has 0 fully saturated rings. The average Bonchev–Trinajstić information content (AvgIpc) is 2.17. The smallest absolute Gasteiger partial charge is 0.320 e. The molecule has 2 N–H and O–H groups in total. The van der Waals surface area contributed by atoms with Crippen LogP contribution in [0.5, 0.6) is 0 Å². The fraction of sp³-hybridized carbons (Fsp3) is 0.900. The van der Waals surface area contributed by atoms with Gasteiger partial charge in [0.25, 0.3) is 0 Å². The molecule has 0 saturated heterocycles. The Morgan fingerprint density at radius 1 is 1.36 bits per heavy atom. The van der Waals surface area contributed by atoms with Gasteiger partial charge in [-0.2, -0.15) is 0 Å². The second-order valence-corrected chi connectivity index (χ2v) is 3.26. The normalized spacial score (nSPS) is 13.1. The van der Waals surface area contributed by atoms with Crippen molar-refractivity contribution in [2.24, 2.45) is 0 Å². The number of rotatable bonds is 8. The Kier molecular flexibility index (Phi) is 7.42. The number of aliphatic carboxylic acids is 1. The molecule has 0 radical (unpaired) electrons. The summed E-state index contributed by atoms with van der Waals surface area (Å²) in [4.78, 5) is 13.0. The SMILES string of the molecule is CCNC(CCN(CC)CC)C(=O)O. The second kappa shape index (κ2) is 7.76. The van der Waals surface area contributed by atoms with E-state index in [-0.39, 0.29) is 0 Å². The predicted octanol–water partition coefficient (Wildman–Crippen LogP) is 0.781. The third-order valence-electron chi connectivity index (χ3n) is 2.38. The fourth-order valence-electron chi connectivity index (χ4n) is 1.41. The van der Waals surface area contributed by atoms with Gasteiger partial charge < -0.3 is 15.3 Å². The number of hydrogen-bond acceptors (Lipinski definition) is 3. The van der Waals surface area contributed by atoms with E-state index < -0.39 is 12.0 Å². The van der Waals surface area contributed by atoms with Crippen LogP contribution < -0.4 is 5.32 Å². The van der Waals surface area contributed by atoms with Crippen LogP contribution in [0, 0.1) is 0 Å². The molecule has 84 valence electrons. The summed E-state index contributed by atoms with van der Waals surface area (Å²) in [6.45, 7) is 9.61.